The molecule has 2 atom stereocenters. The van der Waals surface area contributed by atoms with Crippen LogP contribution in [0.5, 0.6) is 0 Å². The molecule has 3 N–H and O–H groups in total. The van der Waals surface area contributed by atoms with E-state index in [1.165, 1.54) is 5.56 Å². The first-order valence-corrected chi connectivity index (χ1v) is 9.87. The third kappa shape index (κ3) is 3.68. The first kappa shape index (κ1) is 18.7. The van der Waals surface area contributed by atoms with Crippen molar-refractivity contribution >= 4 is 22.5 Å². The zero-order valence-corrected chi connectivity index (χ0v) is 16.6. The number of aromatic amines is 1. The highest BCUT2D eigenvalue weighted by Crippen LogP contribution is 2.30. The van der Waals surface area contributed by atoms with E-state index in [-0.39, 0.29) is 5.91 Å². The Morgan fingerprint density at radius 3 is 2.79 bits per heavy atom. The maximum absolute atomic E-state index is 13.3. The number of nitrogens with zero attached hydrogens (tertiary/aromatic N) is 2. The van der Waals surface area contributed by atoms with E-state index in [1.807, 2.05) is 47.5 Å². The molecule has 0 unspecified atom stereocenters. The van der Waals surface area contributed by atoms with Crippen LogP contribution in [0.3, 0.4) is 0 Å². The predicted octanol–water partition coefficient (Wildman–Crippen LogP) is 2.80. The number of rotatable bonds is 5. The average Bonchev–Trinajstić information content (AvgIpc) is 3.09. The number of hydrogen-bond acceptors (Lipinski definition) is 3. The van der Waals surface area contributed by atoms with Crippen molar-refractivity contribution in [2.45, 2.75) is 18.9 Å². The van der Waals surface area contributed by atoms with Crippen molar-refractivity contribution in [3.8, 4) is 0 Å². The summed E-state index contributed by atoms with van der Waals surface area (Å²) < 4.78 is 0. The average molecular weight is 377 g/mol. The zero-order chi connectivity index (χ0) is 19.7. The Morgan fingerprint density at radius 1 is 1.21 bits per heavy atom. The lowest BCUT2D eigenvalue weighted by molar-refractivity contribution is -0.120. The molecule has 1 amide bonds. The van der Waals surface area contributed by atoms with Crippen LogP contribution < -0.4 is 10.6 Å². The smallest absolute Gasteiger partial charge is 0.244 e. The summed E-state index contributed by atoms with van der Waals surface area (Å²) in [4.78, 5) is 20.7. The van der Waals surface area contributed by atoms with Crippen LogP contribution in [0.25, 0.3) is 10.9 Å². The molecule has 0 fully saturated rings. The largest absolute Gasteiger partial charge is 0.361 e. The third-order valence-electron chi connectivity index (χ3n) is 5.55. The summed E-state index contributed by atoms with van der Waals surface area (Å²) in [5.74, 6) is 0.412. The summed E-state index contributed by atoms with van der Waals surface area (Å²) in [5, 5.41) is 1.13. The van der Waals surface area contributed by atoms with Gasteiger partial charge in [0.2, 0.25) is 5.91 Å². The number of anilines is 1. The molecule has 0 radical (unpaired) electrons. The second-order valence-corrected chi connectivity index (χ2v) is 8.08. The van der Waals surface area contributed by atoms with Crippen LogP contribution in [0.2, 0.25) is 0 Å². The molecule has 1 aliphatic heterocycles. The lowest BCUT2D eigenvalue weighted by Gasteiger charge is -2.37. The number of nitrogens with two attached hydrogens (primary N) is 1. The van der Waals surface area contributed by atoms with Crippen LogP contribution in [0.4, 0.5) is 5.69 Å². The Bertz CT molecular complexity index is 977. The molecule has 0 aliphatic carbocycles. The first-order chi connectivity index (χ1) is 13.5. The van der Waals surface area contributed by atoms with Gasteiger partial charge >= 0.3 is 0 Å². The van der Waals surface area contributed by atoms with E-state index in [0.717, 1.165) is 41.7 Å². The van der Waals surface area contributed by atoms with Crippen molar-refractivity contribution in [3.63, 3.8) is 0 Å². The molecule has 146 valence electrons. The number of hydrogen-bond donors (Lipinski definition) is 2. The van der Waals surface area contributed by atoms with Gasteiger partial charge in [-0.2, -0.15) is 0 Å². The fourth-order valence-electron chi connectivity index (χ4n) is 4.35. The van der Waals surface area contributed by atoms with E-state index in [4.69, 9.17) is 5.73 Å². The molecule has 0 saturated heterocycles. The normalized spacial score (nSPS) is 17.7. The Kier molecular flexibility index (Phi) is 5.20. The monoisotopic (exact) mass is 376 g/mol. The van der Waals surface area contributed by atoms with Gasteiger partial charge in [0.25, 0.3) is 0 Å². The summed E-state index contributed by atoms with van der Waals surface area (Å²) in [6, 6.07) is 15.8. The lowest BCUT2D eigenvalue weighted by atomic mass is 9.91. The second kappa shape index (κ2) is 7.78. The number of aromatic nitrogens is 1. The fourth-order valence-corrected chi connectivity index (χ4v) is 4.35. The van der Waals surface area contributed by atoms with Crippen molar-refractivity contribution in [3.05, 3.63) is 65.9 Å². The molecule has 4 rings (SSSR count). The van der Waals surface area contributed by atoms with Gasteiger partial charge in [0.05, 0.1) is 6.04 Å². The number of para-hydroxylation sites is 2. The molecule has 5 heteroatoms. The number of fused-ring (bicyclic) bond motifs is 2. The van der Waals surface area contributed by atoms with Gasteiger partial charge < -0.3 is 20.5 Å². The lowest BCUT2D eigenvalue weighted by Crippen LogP contribution is -2.50. The molecular weight excluding hydrogens is 348 g/mol. The quantitative estimate of drug-likeness (QED) is 0.720. The van der Waals surface area contributed by atoms with E-state index in [0.29, 0.717) is 12.3 Å². The third-order valence-corrected chi connectivity index (χ3v) is 5.55. The SMILES string of the molecule is CN(C)C[C@H]1Cc2ccccc2N(C(=O)[C@H](N)Cc2c[nH]c3ccccc23)C1. The van der Waals surface area contributed by atoms with E-state index in [2.05, 4.69) is 36.1 Å². The molecular formula is C23H28N4O. The number of amides is 1. The molecule has 1 aromatic heterocycles. The summed E-state index contributed by atoms with van der Waals surface area (Å²) >= 11 is 0. The molecule has 0 spiro atoms. The summed E-state index contributed by atoms with van der Waals surface area (Å²) in [5.41, 5.74) is 10.8. The molecule has 28 heavy (non-hydrogen) atoms. The van der Waals surface area contributed by atoms with Crippen LogP contribution >= 0.6 is 0 Å². The van der Waals surface area contributed by atoms with Gasteiger partial charge in [0.1, 0.15) is 0 Å². The van der Waals surface area contributed by atoms with Crippen molar-refractivity contribution < 1.29 is 4.79 Å². The van der Waals surface area contributed by atoms with Crippen molar-refractivity contribution in [2.24, 2.45) is 11.7 Å². The minimum absolute atomic E-state index is 0.00110. The van der Waals surface area contributed by atoms with Crippen molar-refractivity contribution in [1.82, 2.24) is 9.88 Å². The maximum Gasteiger partial charge on any atom is 0.244 e. The molecule has 5 nitrogen and oxygen atoms in total. The molecule has 2 aromatic carbocycles. The zero-order valence-electron chi connectivity index (χ0n) is 16.6. The van der Waals surface area contributed by atoms with Crippen molar-refractivity contribution in [1.29, 1.82) is 0 Å². The van der Waals surface area contributed by atoms with Crippen molar-refractivity contribution in [2.75, 3.05) is 32.1 Å². The van der Waals surface area contributed by atoms with Gasteiger partial charge in [0, 0.05) is 35.9 Å². The Balaban J connectivity index is 1.57. The number of carbonyl (C=O) groups is 1. The molecule has 2 heterocycles. The minimum atomic E-state index is -0.564. The fraction of sp³-hybridized carbons (Fsp3) is 0.348. The summed E-state index contributed by atoms with van der Waals surface area (Å²) in [7, 11) is 4.16. The Labute approximate surface area is 166 Å². The van der Waals surface area contributed by atoms with Crippen LogP contribution in [-0.4, -0.2) is 49.0 Å². The minimum Gasteiger partial charge on any atom is -0.361 e. The van der Waals surface area contributed by atoms with E-state index in [9.17, 15) is 4.79 Å². The molecule has 0 saturated carbocycles. The maximum atomic E-state index is 13.3. The number of benzene rings is 2. The molecule has 0 bridgehead atoms. The van der Waals surface area contributed by atoms with Gasteiger partial charge in [-0.25, -0.2) is 0 Å². The number of nitrogens with one attached hydrogen (secondary N) is 1. The van der Waals surface area contributed by atoms with Gasteiger partial charge in [-0.3, -0.25) is 4.79 Å². The second-order valence-electron chi connectivity index (χ2n) is 8.08. The van der Waals surface area contributed by atoms with Gasteiger partial charge in [0.15, 0.2) is 0 Å². The van der Waals surface area contributed by atoms with E-state index in [1.54, 1.807) is 0 Å². The molecule has 1 aliphatic rings. The highest BCUT2D eigenvalue weighted by Gasteiger charge is 2.31. The van der Waals surface area contributed by atoms with Crippen LogP contribution in [0, 0.1) is 5.92 Å². The Hall–Kier alpha value is -2.63. The van der Waals surface area contributed by atoms with E-state index < -0.39 is 6.04 Å². The first-order valence-electron chi connectivity index (χ1n) is 9.87. The summed E-state index contributed by atoms with van der Waals surface area (Å²) in [6.45, 7) is 1.67. The van der Waals surface area contributed by atoms with Crippen LogP contribution in [-0.2, 0) is 17.6 Å². The van der Waals surface area contributed by atoms with Gasteiger partial charge in [-0.05, 0) is 56.1 Å². The number of H-pyrrole nitrogens is 1. The van der Waals surface area contributed by atoms with Gasteiger partial charge in [-0.15, -0.1) is 0 Å². The number of carbonyl (C=O) groups excluding carboxylic acids is 1. The summed E-state index contributed by atoms with van der Waals surface area (Å²) in [6.07, 6.45) is 3.49. The predicted molar refractivity (Wildman–Crippen MR) is 115 cm³/mol. The standard InChI is InChI=1S/C23H28N4O/c1-26(2)14-16-11-17-7-3-6-10-22(17)27(15-16)23(28)20(24)12-18-13-25-21-9-5-4-8-19(18)21/h3-10,13,16,20,25H,11-12,14-15,24H2,1-2H3/t16-,20-/m1/s1. The Morgan fingerprint density at radius 2 is 1.96 bits per heavy atom. The molecule has 3 aromatic rings. The van der Waals surface area contributed by atoms with E-state index >= 15 is 0 Å². The highest BCUT2D eigenvalue weighted by molar-refractivity contribution is 5.98. The van der Waals surface area contributed by atoms with Gasteiger partial charge in [-0.1, -0.05) is 36.4 Å². The van der Waals surface area contributed by atoms with Crippen LogP contribution in [0.1, 0.15) is 11.1 Å². The topological polar surface area (TPSA) is 65.4 Å². The highest BCUT2D eigenvalue weighted by atomic mass is 16.2. The van der Waals surface area contributed by atoms with Crippen LogP contribution in [0.15, 0.2) is 54.7 Å².